The van der Waals surface area contributed by atoms with Gasteiger partial charge in [-0.3, -0.25) is 4.79 Å². The zero-order valence-electron chi connectivity index (χ0n) is 8.44. The van der Waals surface area contributed by atoms with Crippen LogP contribution in [0.1, 0.15) is 27.2 Å². The molecule has 0 spiro atoms. The number of quaternary nitrogens is 1. The molecule has 0 aliphatic rings. The number of carbonyl (C=O) groups excluding carboxylic acids is 1. The van der Waals surface area contributed by atoms with E-state index in [1.807, 2.05) is 0 Å². The number of allylic oxidation sites excluding steroid dienone is 1. The van der Waals surface area contributed by atoms with Crippen LogP contribution in [0.5, 0.6) is 0 Å². The van der Waals surface area contributed by atoms with Crippen molar-refractivity contribution in [3.05, 3.63) is 12.2 Å². The summed E-state index contributed by atoms with van der Waals surface area (Å²) in [6.07, 6.45) is 0.645. The topological polar surface area (TPSA) is 21.5 Å². The van der Waals surface area contributed by atoms with Crippen molar-refractivity contribution >= 4 is 5.78 Å². The van der Waals surface area contributed by atoms with Gasteiger partial charge in [-0.05, 0) is 26.3 Å². The Hall–Kier alpha value is -0.630. The number of ketones is 1. The minimum absolute atomic E-state index is 0.203. The number of hydrogen-bond donors (Lipinski definition) is 1. The molecule has 0 saturated carbocycles. The van der Waals surface area contributed by atoms with E-state index in [0.29, 0.717) is 12.0 Å². The Morgan fingerprint density at radius 2 is 1.83 bits per heavy atom. The summed E-state index contributed by atoms with van der Waals surface area (Å²) < 4.78 is 0. The standard InChI is InChI=1S/C10H19NO/c1-5-11(6-2)8-7-10(12)9(3)4/h3,5-8H2,1-2,4H3/p+1. The number of carbonyl (C=O) groups is 1. The Morgan fingerprint density at radius 1 is 1.33 bits per heavy atom. The van der Waals surface area contributed by atoms with Crippen LogP contribution in [0, 0.1) is 0 Å². The van der Waals surface area contributed by atoms with E-state index in [0.717, 1.165) is 19.6 Å². The molecule has 0 aromatic carbocycles. The van der Waals surface area contributed by atoms with Crippen LogP contribution in [0.4, 0.5) is 0 Å². The number of nitrogens with one attached hydrogen (secondary N) is 1. The lowest BCUT2D eigenvalue weighted by Crippen LogP contribution is -3.11. The molecular formula is C10H20NO+. The van der Waals surface area contributed by atoms with Crippen molar-refractivity contribution in [1.29, 1.82) is 0 Å². The van der Waals surface area contributed by atoms with Crippen molar-refractivity contribution in [3.8, 4) is 0 Å². The van der Waals surface area contributed by atoms with Crippen molar-refractivity contribution in [2.24, 2.45) is 0 Å². The Morgan fingerprint density at radius 3 is 2.17 bits per heavy atom. The summed E-state index contributed by atoms with van der Waals surface area (Å²) >= 11 is 0. The molecule has 0 aromatic rings. The zero-order chi connectivity index (χ0) is 9.56. The first-order chi connectivity index (χ1) is 5.61. The van der Waals surface area contributed by atoms with Gasteiger partial charge in [-0.15, -0.1) is 0 Å². The van der Waals surface area contributed by atoms with Crippen molar-refractivity contribution in [2.75, 3.05) is 19.6 Å². The normalized spacial score (nSPS) is 10.3. The summed E-state index contributed by atoms with van der Waals surface area (Å²) in [6.45, 7) is 12.8. The number of hydrogen-bond acceptors (Lipinski definition) is 1. The largest absolute Gasteiger partial charge is 0.335 e. The van der Waals surface area contributed by atoms with Crippen LogP contribution >= 0.6 is 0 Å². The van der Waals surface area contributed by atoms with E-state index >= 15 is 0 Å². The van der Waals surface area contributed by atoms with Gasteiger partial charge in [-0.2, -0.15) is 0 Å². The quantitative estimate of drug-likeness (QED) is 0.574. The van der Waals surface area contributed by atoms with Crippen LogP contribution in [0.15, 0.2) is 12.2 Å². The van der Waals surface area contributed by atoms with Crippen LogP contribution in [0.25, 0.3) is 0 Å². The Bertz CT molecular complexity index is 159. The monoisotopic (exact) mass is 170 g/mol. The van der Waals surface area contributed by atoms with Gasteiger partial charge >= 0.3 is 0 Å². The van der Waals surface area contributed by atoms with Crippen molar-refractivity contribution in [2.45, 2.75) is 27.2 Å². The number of rotatable bonds is 6. The maximum absolute atomic E-state index is 11.2. The van der Waals surface area contributed by atoms with E-state index in [1.54, 1.807) is 6.92 Å². The van der Waals surface area contributed by atoms with Crippen LogP contribution in [-0.4, -0.2) is 25.4 Å². The first-order valence-electron chi connectivity index (χ1n) is 4.64. The van der Waals surface area contributed by atoms with Crippen molar-refractivity contribution in [1.82, 2.24) is 0 Å². The minimum atomic E-state index is 0.203. The lowest BCUT2D eigenvalue weighted by molar-refractivity contribution is -0.895. The summed E-state index contributed by atoms with van der Waals surface area (Å²) in [7, 11) is 0. The Labute approximate surface area is 75.3 Å². The lowest BCUT2D eigenvalue weighted by atomic mass is 10.1. The first-order valence-corrected chi connectivity index (χ1v) is 4.64. The zero-order valence-corrected chi connectivity index (χ0v) is 8.44. The molecule has 0 bridgehead atoms. The predicted octanol–water partition coefficient (Wildman–Crippen LogP) is 0.446. The average Bonchev–Trinajstić information content (AvgIpc) is 2.05. The molecule has 0 atom stereocenters. The van der Waals surface area contributed by atoms with E-state index in [9.17, 15) is 4.79 Å². The average molecular weight is 170 g/mol. The molecule has 0 aliphatic heterocycles. The van der Waals surface area contributed by atoms with Gasteiger partial charge in [0.2, 0.25) is 0 Å². The van der Waals surface area contributed by atoms with Gasteiger partial charge in [0.1, 0.15) is 0 Å². The summed E-state index contributed by atoms with van der Waals surface area (Å²) in [5.41, 5.74) is 0.682. The van der Waals surface area contributed by atoms with Gasteiger partial charge in [0, 0.05) is 0 Å². The molecule has 2 heteroatoms. The summed E-state index contributed by atoms with van der Waals surface area (Å²) in [6, 6.07) is 0. The molecule has 12 heavy (non-hydrogen) atoms. The van der Waals surface area contributed by atoms with Gasteiger partial charge in [-0.1, -0.05) is 6.58 Å². The van der Waals surface area contributed by atoms with E-state index in [-0.39, 0.29) is 5.78 Å². The van der Waals surface area contributed by atoms with Gasteiger partial charge in [0.25, 0.3) is 0 Å². The highest BCUT2D eigenvalue weighted by Gasteiger charge is 2.07. The molecule has 0 saturated heterocycles. The fourth-order valence-electron chi connectivity index (χ4n) is 1.11. The molecule has 0 amide bonds. The molecule has 0 rings (SSSR count). The third-order valence-corrected chi connectivity index (χ3v) is 2.18. The maximum Gasteiger partial charge on any atom is 0.163 e. The number of Topliss-reactive ketones (excluding diaryl/α,β-unsaturated/α-hetero) is 1. The first kappa shape index (κ1) is 11.4. The second kappa shape index (κ2) is 5.95. The van der Waals surface area contributed by atoms with Crippen molar-refractivity contribution in [3.63, 3.8) is 0 Å². The highest BCUT2D eigenvalue weighted by molar-refractivity contribution is 5.94. The highest BCUT2D eigenvalue weighted by atomic mass is 16.1. The van der Waals surface area contributed by atoms with Crippen LogP contribution in [0.2, 0.25) is 0 Å². The molecule has 0 aliphatic carbocycles. The summed E-state index contributed by atoms with van der Waals surface area (Å²) in [4.78, 5) is 12.6. The summed E-state index contributed by atoms with van der Waals surface area (Å²) in [5.74, 6) is 0.203. The molecule has 1 N–H and O–H groups in total. The molecule has 2 nitrogen and oxygen atoms in total. The van der Waals surface area contributed by atoms with Gasteiger partial charge in [0.15, 0.2) is 5.78 Å². The minimum Gasteiger partial charge on any atom is -0.335 e. The summed E-state index contributed by atoms with van der Waals surface area (Å²) in [5, 5.41) is 0. The van der Waals surface area contributed by atoms with Crippen LogP contribution in [0.3, 0.4) is 0 Å². The molecule has 70 valence electrons. The fourth-order valence-corrected chi connectivity index (χ4v) is 1.11. The Kier molecular flexibility index (Phi) is 5.64. The SMILES string of the molecule is C=C(C)C(=O)CC[NH+](CC)CC. The Balaban J connectivity index is 3.66. The predicted molar refractivity (Wildman–Crippen MR) is 51.3 cm³/mol. The van der Waals surface area contributed by atoms with E-state index in [2.05, 4.69) is 20.4 Å². The van der Waals surface area contributed by atoms with Gasteiger partial charge in [-0.25, -0.2) is 0 Å². The molecule has 0 unspecified atom stereocenters. The van der Waals surface area contributed by atoms with E-state index in [4.69, 9.17) is 0 Å². The van der Waals surface area contributed by atoms with Crippen molar-refractivity contribution < 1.29 is 9.69 Å². The van der Waals surface area contributed by atoms with Crippen LogP contribution < -0.4 is 4.90 Å². The maximum atomic E-state index is 11.2. The molecule has 0 fully saturated rings. The second-order valence-electron chi connectivity index (χ2n) is 3.16. The third-order valence-electron chi connectivity index (χ3n) is 2.18. The molecule has 0 heterocycles. The lowest BCUT2D eigenvalue weighted by Gasteiger charge is -2.14. The fraction of sp³-hybridized carbons (Fsp3) is 0.700. The third kappa shape index (κ3) is 4.29. The van der Waals surface area contributed by atoms with E-state index < -0.39 is 0 Å². The van der Waals surface area contributed by atoms with Gasteiger partial charge in [0.05, 0.1) is 26.1 Å². The van der Waals surface area contributed by atoms with Gasteiger partial charge < -0.3 is 4.90 Å². The highest BCUT2D eigenvalue weighted by Crippen LogP contribution is 1.92. The molecule has 0 aromatic heterocycles. The second-order valence-corrected chi connectivity index (χ2v) is 3.16. The molecular weight excluding hydrogens is 150 g/mol. The smallest absolute Gasteiger partial charge is 0.163 e. The van der Waals surface area contributed by atoms with Crippen LogP contribution in [-0.2, 0) is 4.79 Å². The van der Waals surface area contributed by atoms with E-state index in [1.165, 1.54) is 4.90 Å². The molecule has 0 radical (unpaired) electrons.